The van der Waals surface area contributed by atoms with Crippen molar-refractivity contribution in [3.63, 3.8) is 0 Å². The van der Waals surface area contributed by atoms with E-state index in [9.17, 15) is 27.1 Å². The Morgan fingerprint density at radius 2 is 2.11 bits per heavy atom. The number of halogens is 2. The second-order valence-corrected chi connectivity index (χ2v) is 12.1. The average molecular weight is 547 g/mol. The van der Waals surface area contributed by atoms with Gasteiger partial charge in [-0.1, -0.05) is 6.07 Å². The molecule has 0 spiro atoms. The van der Waals surface area contributed by atoms with Crippen molar-refractivity contribution in [1.29, 1.82) is 0 Å². The van der Waals surface area contributed by atoms with Crippen LogP contribution in [0, 0.1) is 0 Å². The predicted octanol–water partition coefficient (Wildman–Crippen LogP) is 3.97. The summed E-state index contributed by atoms with van der Waals surface area (Å²) in [5.41, 5.74) is 0.620. The molecule has 0 unspecified atom stereocenters. The monoisotopic (exact) mass is 546 g/mol. The van der Waals surface area contributed by atoms with E-state index in [0.29, 0.717) is 40.9 Å². The van der Waals surface area contributed by atoms with Crippen LogP contribution in [0.4, 0.5) is 14.6 Å². The Morgan fingerprint density at radius 1 is 1.29 bits per heavy atom. The van der Waals surface area contributed by atoms with Gasteiger partial charge in [0, 0.05) is 23.6 Å². The van der Waals surface area contributed by atoms with E-state index in [4.69, 9.17) is 5.10 Å². The Morgan fingerprint density at radius 3 is 2.82 bits per heavy atom. The van der Waals surface area contributed by atoms with Gasteiger partial charge in [-0.3, -0.25) is 4.79 Å². The van der Waals surface area contributed by atoms with E-state index >= 15 is 0 Å². The summed E-state index contributed by atoms with van der Waals surface area (Å²) < 4.78 is 55.8. The van der Waals surface area contributed by atoms with Crippen LogP contribution >= 0.6 is 0 Å². The zero-order chi connectivity index (χ0) is 27.1. The van der Waals surface area contributed by atoms with Gasteiger partial charge in [0.2, 0.25) is 0 Å². The third-order valence-corrected chi connectivity index (χ3v) is 8.91. The van der Waals surface area contributed by atoms with Crippen LogP contribution in [0.1, 0.15) is 36.5 Å². The average Bonchev–Trinajstić information content (AvgIpc) is 3.53. The summed E-state index contributed by atoms with van der Waals surface area (Å²) in [6.07, 6.45) is 4.69. The number of alkyl halides is 2. The Balaban J connectivity index is 1.57. The summed E-state index contributed by atoms with van der Waals surface area (Å²) in [4.78, 5) is 15.2. The number of benzene rings is 2. The van der Waals surface area contributed by atoms with E-state index in [1.54, 1.807) is 48.0 Å². The molecular weight excluding hydrogens is 518 g/mol. The summed E-state index contributed by atoms with van der Waals surface area (Å²) in [7, 11) is -3.20. The summed E-state index contributed by atoms with van der Waals surface area (Å²) >= 11 is 0. The van der Waals surface area contributed by atoms with E-state index < -0.39 is 27.9 Å². The van der Waals surface area contributed by atoms with Gasteiger partial charge in [0.25, 0.3) is 5.91 Å². The molecule has 3 aromatic rings. The highest BCUT2D eigenvalue weighted by Gasteiger charge is 2.39. The zero-order valence-electron chi connectivity index (χ0n) is 20.7. The molecule has 12 heteroatoms. The fourth-order valence-electron chi connectivity index (χ4n) is 5.25. The molecule has 1 aromatic heterocycles. The number of aliphatic hydroxyl groups excluding tert-OH is 1. The fraction of sp³-hybridized carbons (Fsp3) is 0.385. The molecule has 2 fully saturated rings. The third-order valence-electron chi connectivity index (χ3n) is 7.01. The lowest BCUT2D eigenvalue weighted by Crippen LogP contribution is -2.46. The first-order valence-electron chi connectivity index (χ1n) is 12.3. The minimum atomic E-state index is -3.20. The van der Waals surface area contributed by atoms with Crippen LogP contribution in [0.2, 0.25) is 0 Å². The van der Waals surface area contributed by atoms with E-state index in [0.717, 1.165) is 19.1 Å². The highest BCUT2D eigenvalue weighted by atomic mass is 32.2. The maximum atomic E-state index is 13.2. The number of hydrogen-bond acceptors (Lipinski definition) is 7. The number of anilines is 1. The normalized spacial score (nSPS) is 23.1. The van der Waals surface area contributed by atoms with E-state index in [1.807, 2.05) is 4.90 Å². The molecule has 0 saturated carbocycles. The maximum absolute atomic E-state index is 13.2. The molecule has 2 aromatic carbocycles. The van der Waals surface area contributed by atoms with Crippen molar-refractivity contribution in [2.45, 2.75) is 44.4 Å². The van der Waals surface area contributed by atoms with Crippen molar-refractivity contribution in [1.82, 2.24) is 15.1 Å². The van der Waals surface area contributed by atoms with Crippen molar-refractivity contribution in [2.24, 2.45) is 0 Å². The Kier molecular flexibility index (Phi) is 6.76. The van der Waals surface area contributed by atoms with E-state index in [2.05, 4.69) is 10.1 Å². The summed E-state index contributed by atoms with van der Waals surface area (Å²) in [5, 5.41) is 17.7. The van der Waals surface area contributed by atoms with Crippen molar-refractivity contribution >= 4 is 32.5 Å². The van der Waals surface area contributed by atoms with Crippen molar-refractivity contribution in [3.8, 4) is 11.4 Å². The van der Waals surface area contributed by atoms with Gasteiger partial charge in [-0.15, -0.1) is 5.10 Å². The second kappa shape index (κ2) is 9.90. The molecule has 3 heterocycles. The highest BCUT2D eigenvalue weighted by molar-refractivity contribution is 7.91. The van der Waals surface area contributed by atoms with Gasteiger partial charge in [-0.05, 0) is 62.6 Å². The number of aliphatic hydroxyl groups is 1. The summed E-state index contributed by atoms with van der Waals surface area (Å²) in [6.45, 7) is -0.576. The largest absolute Gasteiger partial charge is 0.516 e. The number of rotatable bonds is 7. The van der Waals surface area contributed by atoms with Gasteiger partial charge in [0.05, 0.1) is 40.6 Å². The predicted molar refractivity (Wildman–Crippen MR) is 139 cm³/mol. The number of ether oxygens (including phenoxy) is 1. The van der Waals surface area contributed by atoms with Gasteiger partial charge in [0.1, 0.15) is 5.75 Å². The number of nitrogens with zero attached hydrogens (tertiary/aromatic N) is 3. The number of sulfone groups is 1. The zero-order valence-corrected chi connectivity index (χ0v) is 21.5. The summed E-state index contributed by atoms with van der Waals surface area (Å²) in [5.74, 6) is 0.0801. The SMILES string of the molecule is C[C@]1(NC(=O)c2ccc3c(c2)c(N2CCC[C@H]2/C=C/O)nn3-c2cccc(OC(F)F)c2)CCS(=O)(=O)C1. The number of carbonyl (C=O) groups excluding carboxylic acids is 1. The van der Waals surface area contributed by atoms with Gasteiger partial charge in [-0.25, -0.2) is 13.1 Å². The minimum absolute atomic E-state index is 0.0132. The molecule has 0 aliphatic carbocycles. The van der Waals surface area contributed by atoms with Crippen LogP contribution in [0.5, 0.6) is 5.75 Å². The molecular formula is C26H28F2N4O5S. The molecule has 2 atom stereocenters. The van der Waals surface area contributed by atoms with E-state index in [1.165, 1.54) is 12.1 Å². The molecule has 5 rings (SSSR count). The van der Waals surface area contributed by atoms with Crippen molar-refractivity contribution in [3.05, 3.63) is 60.4 Å². The maximum Gasteiger partial charge on any atom is 0.387 e. The molecule has 0 radical (unpaired) electrons. The fourth-order valence-corrected chi connectivity index (χ4v) is 7.35. The quantitative estimate of drug-likeness (QED) is 0.431. The Hall–Kier alpha value is -3.67. The molecule has 202 valence electrons. The van der Waals surface area contributed by atoms with Crippen LogP contribution in [0.15, 0.2) is 54.8 Å². The molecule has 2 aliphatic heterocycles. The molecule has 2 aliphatic rings. The second-order valence-electron chi connectivity index (χ2n) is 9.94. The lowest BCUT2D eigenvalue weighted by Gasteiger charge is -2.24. The van der Waals surface area contributed by atoms with Crippen LogP contribution in [0.3, 0.4) is 0 Å². The first kappa shape index (κ1) is 26.0. The number of aromatic nitrogens is 2. The highest BCUT2D eigenvalue weighted by Crippen LogP contribution is 2.35. The Labute approximate surface area is 218 Å². The van der Waals surface area contributed by atoms with Crippen LogP contribution in [0.25, 0.3) is 16.6 Å². The van der Waals surface area contributed by atoms with Crippen LogP contribution < -0.4 is 15.0 Å². The number of fused-ring (bicyclic) bond motifs is 1. The Bertz CT molecular complexity index is 1510. The van der Waals surface area contributed by atoms with Crippen LogP contribution in [-0.4, -0.2) is 65.5 Å². The van der Waals surface area contributed by atoms with Gasteiger partial charge >= 0.3 is 6.61 Å². The lowest BCUT2D eigenvalue weighted by atomic mass is 10.0. The molecule has 0 bridgehead atoms. The van der Waals surface area contributed by atoms with E-state index in [-0.39, 0.29) is 23.3 Å². The summed E-state index contributed by atoms with van der Waals surface area (Å²) in [6, 6.07) is 11.1. The molecule has 9 nitrogen and oxygen atoms in total. The number of amides is 1. The van der Waals surface area contributed by atoms with Gasteiger partial charge in [-0.2, -0.15) is 8.78 Å². The lowest BCUT2D eigenvalue weighted by molar-refractivity contribution is -0.0498. The first-order chi connectivity index (χ1) is 18.1. The standard InChI is InChI=1S/C26H28F2N4O5S/c1-26(10-13-38(35,36)16-26)29-24(34)17-7-8-22-21(14-17)23(31-11-3-5-18(31)9-12-33)30-32(22)19-4-2-6-20(15-19)37-25(27)28/h2,4,6-9,12,14-15,18,25,33H,3,5,10-11,13,16H2,1H3,(H,29,34)/b12-9+/t18-,26-/m0/s1. The molecule has 38 heavy (non-hydrogen) atoms. The molecule has 2 saturated heterocycles. The van der Waals surface area contributed by atoms with Gasteiger partial charge < -0.3 is 20.1 Å². The number of nitrogens with one attached hydrogen (secondary N) is 1. The van der Waals surface area contributed by atoms with Crippen LogP contribution in [-0.2, 0) is 9.84 Å². The number of carbonyl (C=O) groups is 1. The first-order valence-corrected chi connectivity index (χ1v) is 14.1. The molecule has 2 N–H and O–H groups in total. The van der Waals surface area contributed by atoms with Crippen molar-refractivity contribution in [2.75, 3.05) is 23.0 Å². The van der Waals surface area contributed by atoms with Gasteiger partial charge in [0.15, 0.2) is 15.7 Å². The number of hydrogen-bond donors (Lipinski definition) is 2. The topological polar surface area (TPSA) is 114 Å². The third kappa shape index (κ3) is 5.17. The van der Waals surface area contributed by atoms with Crippen molar-refractivity contribution < 1.29 is 31.8 Å². The smallest absolute Gasteiger partial charge is 0.387 e. The minimum Gasteiger partial charge on any atom is -0.516 e. The molecule has 1 amide bonds.